The van der Waals surface area contributed by atoms with Gasteiger partial charge < -0.3 is 0 Å². The Morgan fingerprint density at radius 3 is 2.15 bits per heavy atom. The number of nitrogens with zero attached hydrogens (tertiary/aromatic N) is 3. The second-order valence-electron chi connectivity index (χ2n) is 12.8. The maximum Gasteiger partial charge on any atom is 0.299 e. The zero-order chi connectivity index (χ0) is 24.8. The molecule has 0 amide bonds. The van der Waals surface area contributed by atoms with Crippen LogP contribution in [-0.4, -0.2) is 9.38 Å². The predicted octanol–water partition coefficient (Wildman–Crippen LogP) is 7.60. The summed E-state index contributed by atoms with van der Waals surface area (Å²) in [5.41, 5.74) is 10.9. The quantitative estimate of drug-likeness (QED) is 0.284. The highest BCUT2D eigenvalue weighted by Crippen LogP contribution is 2.40. The summed E-state index contributed by atoms with van der Waals surface area (Å²) < 4.78 is 5.26. The van der Waals surface area contributed by atoms with Crippen LogP contribution in [-0.2, 0) is 22.8 Å². The highest BCUT2D eigenvalue weighted by atomic mass is 15.2. The molecule has 3 nitrogen and oxygen atoms in total. The van der Waals surface area contributed by atoms with Gasteiger partial charge in [0, 0.05) is 5.41 Å². The van der Waals surface area contributed by atoms with Crippen LogP contribution in [0.2, 0.25) is 0 Å². The lowest BCUT2D eigenvalue weighted by Crippen LogP contribution is -2.55. The van der Waals surface area contributed by atoms with E-state index < -0.39 is 0 Å². The van der Waals surface area contributed by atoms with Gasteiger partial charge in [-0.2, -0.15) is 4.40 Å². The molecule has 2 aromatic heterocycles. The lowest BCUT2D eigenvalue weighted by molar-refractivity contribution is -0.721. The summed E-state index contributed by atoms with van der Waals surface area (Å²) in [6.45, 7) is 23.1. The topological polar surface area (TPSA) is 21.2 Å². The fourth-order valence-electron chi connectivity index (χ4n) is 6.12. The van der Waals surface area contributed by atoms with Crippen molar-refractivity contribution in [3.05, 3.63) is 52.3 Å². The van der Waals surface area contributed by atoms with Crippen LogP contribution in [0.3, 0.4) is 0 Å². The molecule has 0 N–H and O–H groups in total. The molecule has 1 aliphatic rings. The first kappa shape index (κ1) is 23.3. The Morgan fingerprint density at radius 2 is 1.56 bits per heavy atom. The van der Waals surface area contributed by atoms with Crippen LogP contribution in [0.15, 0.2) is 24.3 Å². The van der Waals surface area contributed by atoms with E-state index in [4.69, 9.17) is 4.98 Å². The van der Waals surface area contributed by atoms with Crippen molar-refractivity contribution in [1.82, 2.24) is 9.38 Å². The Balaban J connectivity index is 2.14. The first-order chi connectivity index (χ1) is 15.8. The van der Waals surface area contributed by atoms with E-state index in [9.17, 15) is 0 Å². The molecule has 0 unspecified atom stereocenters. The molecule has 0 radical (unpaired) electrons. The van der Waals surface area contributed by atoms with Gasteiger partial charge in [-0.3, -0.25) is 0 Å². The fourth-order valence-corrected chi connectivity index (χ4v) is 6.12. The van der Waals surface area contributed by atoms with Crippen LogP contribution in [0.4, 0.5) is 0 Å². The number of fused-ring (bicyclic) bond motifs is 3. The van der Waals surface area contributed by atoms with Gasteiger partial charge in [0.2, 0.25) is 5.82 Å². The number of benzene rings is 2. The highest BCUT2D eigenvalue weighted by molar-refractivity contribution is 5.97. The van der Waals surface area contributed by atoms with Gasteiger partial charge in [-0.05, 0) is 85.4 Å². The second-order valence-corrected chi connectivity index (χ2v) is 12.8. The van der Waals surface area contributed by atoms with Crippen LogP contribution in [0.1, 0.15) is 103 Å². The molecule has 34 heavy (non-hydrogen) atoms. The number of imidazole rings is 1. The summed E-state index contributed by atoms with van der Waals surface area (Å²) in [7, 11) is 0. The van der Waals surface area contributed by atoms with E-state index in [1.165, 1.54) is 44.3 Å². The zero-order valence-corrected chi connectivity index (χ0v) is 23.0. The highest BCUT2D eigenvalue weighted by Gasteiger charge is 2.43. The van der Waals surface area contributed by atoms with Crippen LogP contribution >= 0.6 is 0 Å². The van der Waals surface area contributed by atoms with Crippen molar-refractivity contribution >= 4 is 27.6 Å². The third kappa shape index (κ3) is 3.15. The first-order valence-electron chi connectivity index (χ1n) is 13.2. The molecular formula is C31H42N3+. The van der Waals surface area contributed by atoms with E-state index in [2.05, 4.69) is 102 Å². The Morgan fingerprint density at radius 1 is 0.912 bits per heavy atom. The van der Waals surface area contributed by atoms with Gasteiger partial charge in [0.15, 0.2) is 11.0 Å². The van der Waals surface area contributed by atoms with Crippen LogP contribution in [0.25, 0.3) is 27.6 Å². The molecule has 0 saturated heterocycles. The molecule has 180 valence electrons. The number of aromatic nitrogens is 3. The Bertz CT molecular complexity index is 1450. The molecule has 3 heterocycles. The number of hydrogen-bond acceptors (Lipinski definition) is 1. The summed E-state index contributed by atoms with van der Waals surface area (Å²) in [6, 6.07) is 9.69. The minimum atomic E-state index is -0.0813. The Labute approximate surface area is 205 Å². The fraction of sp³-hybridized carbons (Fsp3) is 0.548. The second kappa shape index (κ2) is 7.29. The number of rotatable bonds is 2. The first-order valence-corrected chi connectivity index (χ1v) is 13.2. The van der Waals surface area contributed by atoms with E-state index >= 15 is 0 Å². The SMILES string of the molecule is CCC1(CC)CCc2cc(C(C)(C)C)cc3nc(C(C)(C)C)n4c5cc(C)c(C)cc5[n+]1c4c23. The van der Waals surface area contributed by atoms with Gasteiger partial charge in [0.1, 0.15) is 5.54 Å². The molecule has 0 fully saturated rings. The molecule has 5 rings (SSSR count). The third-order valence-electron chi connectivity index (χ3n) is 8.54. The molecule has 3 heteroatoms. The lowest BCUT2D eigenvalue weighted by Gasteiger charge is -2.28. The zero-order valence-electron chi connectivity index (χ0n) is 23.0. The Kier molecular flexibility index (Phi) is 5.00. The monoisotopic (exact) mass is 456 g/mol. The van der Waals surface area contributed by atoms with Gasteiger partial charge >= 0.3 is 0 Å². The minimum Gasteiger partial charge on any atom is -0.217 e. The molecular weight excluding hydrogens is 414 g/mol. The summed E-state index contributed by atoms with van der Waals surface area (Å²) in [5.74, 6) is 1.15. The van der Waals surface area contributed by atoms with E-state index in [1.54, 1.807) is 0 Å². The summed E-state index contributed by atoms with van der Waals surface area (Å²) in [6.07, 6.45) is 4.52. The van der Waals surface area contributed by atoms with Crippen molar-refractivity contribution < 1.29 is 4.57 Å². The van der Waals surface area contributed by atoms with Gasteiger partial charge in [-0.1, -0.05) is 61.5 Å². The smallest absolute Gasteiger partial charge is 0.217 e. The summed E-state index contributed by atoms with van der Waals surface area (Å²) >= 11 is 0. The molecule has 0 aliphatic carbocycles. The average molecular weight is 457 g/mol. The van der Waals surface area contributed by atoms with Crippen molar-refractivity contribution in [2.75, 3.05) is 0 Å². The molecule has 0 saturated carbocycles. The van der Waals surface area contributed by atoms with E-state index in [0.29, 0.717) is 0 Å². The average Bonchev–Trinajstić information content (AvgIpc) is 2.98. The van der Waals surface area contributed by atoms with Crippen molar-refractivity contribution in [1.29, 1.82) is 0 Å². The molecule has 0 spiro atoms. The van der Waals surface area contributed by atoms with Crippen LogP contribution < -0.4 is 4.57 Å². The number of aryl methyl sites for hydroxylation is 3. The summed E-state index contributed by atoms with van der Waals surface area (Å²) in [4.78, 5) is 5.45. The predicted molar refractivity (Wildman–Crippen MR) is 144 cm³/mol. The van der Waals surface area contributed by atoms with E-state index in [-0.39, 0.29) is 16.4 Å². The minimum absolute atomic E-state index is 0.0813. The molecule has 1 aliphatic heterocycles. The third-order valence-corrected chi connectivity index (χ3v) is 8.54. The van der Waals surface area contributed by atoms with Gasteiger partial charge in [-0.15, -0.1) is 0 Å². The molecule has 4 aromatic rings. The van der Waals surface area contributed by atoms with Gasteiger partial charge in [-0.25, -0.2) is 9.55 Å². The number of hydrogen-bond donors (Lipinski definition) is 0. The maximum absolute atomic E-state index is 5.45. The Hall–Kier alpha value is -2.42. The lowest BCUT2D eigenvalue weighted by atomic mass is 9.83. The largest absolute Gasteiger partial charge is 0.299 e. The van der Waals surface area contributed by atoms with Crippen molar-refractivity contribution in [3.63, 3.8) is 0 Å². The molecule has 0 atom stereocenters. The summed E-state index contributed by atoms with van der Waals surface area (Å²) in [5, 5.41) is 1.36. The molecule has 2 aromatic carbocycles. The molecule has 0 bridgehead atoms. The standard InChI is InChI=1S/C31H42N3/c1-11-31(12-2)14-13-21-17-22(29(5,6)7)18-23-26(21)27-33(28(32-23)30(8,9)10)24-15-19(3)20(4)16-25(24)34(27)31/h15-18H,11-14H2,1-10H3/q+1. The van der Waals surface area contributed by atoms with E-state index in [1.807, 2.05) is 0 Å². The van der Waals surface area contributed by atoms with Crippen molar-refractivity contribution in [2.45, 2.75) is 111 Å². The van der Waals surface area contributed by atoms with Gasteiger partial charge in [0.05, 0.1) is 10.9 Å². The van der Waals surface area contributed by atoms with Crippen molar-refractivity contribution in [2.24, 2.45) is 0 Å². The van der Waals surface area contributed by atoms with Crippen molar-refractivity contribution in [3.8, 4) is 0 Å². The van der Waals surface area contributed by atoms with Crippen LogP contribution in [0, 0.1) is 13.8 Å². The van der Waals surface area contributed by atoms with Gasteiger partial charge in [0.25, 0.3) is 5.65 Å². The van der Waals surface area contributed by atoms with Crippen LogP contribution in [0.5, 0.6) is 0 Å². The van der Waals surface area contributed by atoms with E-state index in [0.717, 1.165) is 37.0 Å². The normalized spacial score (nSPS) is 16.2. The maximum atomic E-state index is 5.45.